The van der Waals surface area contributed by atoms with Crippen LogP contribution < -0.4 is 0 Å². The SMILES string of the molecule is O=C(c1ccccn1)N1CCOC[C@]2(CC[C@H](CN3CCCC3)O2)C1. The molecule has 0 radical (unpaired) electrons. The Balaban J connectivity index is 1.42. The number of hydrogen-bond acceptors (Lipinski definition) is 5. The predicted molar refractivity (Wildman–Crippen MR) is 93.5 cm³/mol. The molecule has 1 aromatic rings. The van der Waals surface area contributed by atoms with E-state index in [9.17, 15) is 4.79 Å². The summed E-state index contributed by atoms with van der Waals surface area (Å²) in [6.07, 6.45) is 6.52. The Hall–Kier alpha value is -1.50. The topological polar surface area (TPSA) is 54.9 Å². The monoisotopic (exact) mass is 345 g/mol. The van der Waals surface area contributed by atoms with Gasteiger partial charge in [-0.25, -0.2) is 0 Å². The second-order valence-electron chi connectivity index (χ2n) is 7.46. The van der Waals surface area contributed by atoms with Gasteiger partial charge in [-0.3, -0.25) is 9.78 Å². The zero-order valence-electron chi connectivity index (χ0n) is 14.7. The van der Waals surface area contributed by atoms with Crippen LogP contribution in [0.1, 0.15) is 36.2 Å². The third-order valence-electron chi connectivity index (χ3n) is 5.52. The molecule has 3 aliphatic rings. The highest BCUT2D eigenvalue weighted by atomic mass is 16.6. The molecule has 1 aromatic heterocycles. The van der Waals surface area contributed by atoms with Gasteiger partial charge in [-0.2, -0.15) is 0 Å². The molecule has 3 saturated heterocycles. The van der Waals surface area contributed by atoms with Gasteiger partial charge < -0.3 is 19.3 Å². The lowest BCUT2D eigenvalue weighted by molar-refractivity contribution is -0.0890. The average molecular weight is 345 g/mol. The van der Waals surface area contributed by atoms with E-state index in [0.717, 1.165) is 19.4 Å². The fourth-order valence-corrected chi connectivity index (χ4v) is 4.23. The van der Waals surface area contributed by atoms with E-state index in [1.54, 1.807) is 12.3 Å². The smallest absolute Gasteiger partial charge is 0.272 e. The molecule has 6 heteroatoms. The molecule has 3 fully saturated rings. The molecule has 6 nitrogen and oxygen atoms in total. The van der Waals surface area contributed by atoms with E-state index in [1.807, 2.05) is 17.0 Å². The van der Waals surface area contributed by atoms with Crippen molar-refractivity contribution < 1.29 is 14.3 Å². The number of pyridine rings is 1. The molecular formula is C19H27N3O3. The lowest BCUT2D eigenvalue weighted by Crippen LogP contribution is -2.47. The molecule has 2 atom stereocenters. The molecule has 1 amide bonds. The molecule has 0 unspecified atom stereocenters. The van der Waals surface area contributed by atoms with E-state index in [-0.39, 0.29) is 17.6 Å². The molecule has 4 heterocycles. The summed E-state index contributed by atoms with van der Waals surface area (Å²) in [7, 11) is 0. The minimum atomic E-state index is -0.356. The summed E-state index contributed by atoms with van der Waals surface area (Å²) in [4.78, 5) is 21.4. The predicted octanol–water partition coefficient (Wildman–Crippen LogP) is 1.57. The Labute approximate surface area is 149 Å². The molecule has 0 saturated carbocycles. The van der Waals surface area contributed by atoms with Crippen molar-refractivity contribution in [1.82, 2.24) is 14.8 Å². The van der Waals surface area contributed by atoms with Crippen molar-refractivity contribution >= 4 is 5.91 Å². The zero-order valence-corrected chi connectivity index (χ0v) is 14.7. The number of amides is 1. The lowest BCUT2D eigenvalue weighted by Gasteiger charge is -2.32. The van der Waals surface area contributed by atoms with Crippen LogP contribution in [0.3, 0.4) is 0 Å². The van der Waals surface area contributed by atoms with Gasteiger partial charge >= 0.3 is 0 Å². The van der Waals surface area contributed by atoms with Crippen molar-refractivity contribution in [2.45, 2.75) is 37.4 Å². The van der Waals surface area contributed by atoms with Gasteiger partial charge in [0.1, 0.15) is 11.3 Å². The van der Waals surface area contributed by atoms with Gasteiger partial charge in [0.25, 0.3) is 5.91 Å². The molecule has 0 aliphatic carbocycles. The maximum absolute atomic E-state index is 12.8. The molecule has 3 aliphatic heterocycles. The highest BCUT2D eigenvalue weighted by Crippen LogP contribution is 2.34. The summed E-state index contributed by atoms with van der Waals surface area (Å²) in [5.41, 5.74) is 0.136. The quantitative estimate of drug-likeness (QED) is 0.832. The van der Waals surface area contributed by atoms with E-state index < -0.39 is 0 Å². The molecule has 0 aromatic carbocycles. The van der Waals surface area contributed by atoms with Gasteiger partial charge in [0, 0.05) is 19.3 Å². The summed E-state index contributed by atoms with van der Waals surface area (Å²) < 4.78 is 12.3. The molecule has 25 heavy (non-hydrogen) atoms. The second kappa shape index (κ2) is 7.40. The first-order chi connectivity index (χ1) is 12.2. The van der Waals surface area contributed by atoms with Gasteiger partial charge in [-0.05, 0) is 50.9 Å². The van der Waals surface area contributed by atoms with Crippen LogP contribution in [0, 0.1) is 0 Å². The molecular weight excluding hydrogens is 318 g/mol. The minimum absolute atomic E-state index is 0.0305. The molecule has 1 spiro atoms. The number of carbonyl (C=O) groups excluding carboxylic acids is 1. The Morgan fingerprint density at radius 2 is 2.16 bits per heavy atom. The van der Waals surface area contributed by atoms with E-state index >= 15 is 0 Å². The third-order valence-corrected chi connectivity index (χ3v) is 5.52. The number of hydrogen-bond donors (Lipinski definition) is 0. The van der Waals surface area contributed by atoms with Crippen molar-refractivity contribution in [3.05, 3.63) is 30.1 Å². The minimum Gasteiger partial charge on any atom is -0.377 e. The lowest BCUT2D eigenvalue weighted by atomic mass is 10.00. The highest BCUT2D eigenvalue weighted by molar-refractivity contribution is 5.92. The van der Waals surface area contributed by atoms with Crippen LogP contribution in [-0.4, -0.2) is 78.3 Å². The van der Waals surface area contributed by atoms with Crippen molar-refractivity contribution in [2.24, 2.45) is 0 Å². The van der Waals surface area contributed by atoms with Crippen molar-refractivity contribution in [2.75, 3.05) is 45.9 Å². The third kappa shape index (κ3) is 3.86. The van der Waals surface area contributed by atoms with Crippen molar-refractivity contribution in [3.63, 3.8) is 0 Å². The van der Waals surface area contributed by atoms with Crippen LogP contribution in [0.25, 0.3) is 0 Å². The van der Waals surface area contributed by atoms with Crippen LogP contribution in [0.4, 0.5) is 0 Å². The fraction of sp³-hybridized carbons (Fsp3) is 0.684. The number of ether oxygens (including phenoxy) is 2. The van der Waals surface area contributed by atoms with Gasteiger partial charge in [0.05, 0.1) is 25.9 Å². The van der Waals surface area contributed by atoms with Gasteiger partial charge in [0.2, 0.25) is 0 Å². The highest BCUT2D eigenvalue weighted by Gasteiger charge is 2.44. The number of carbonyl (C=O) groups is 1. The number of aromatic nitrogens is 1. The number of rotatable bonds is 3. The molecule has 0 bridgehead atoms. The Bertz CT molecular complexity index is 591. The second-order valence-corrected chi connectivity index (χ2v) is 7.46. The van der Waals surface area contributed by atoms with E-state index in [4.69, 9.17) is 9.47 Å². The summed E-state index contributed by atoms with van der Waals surface area (Å²) in [6.45, 7) is 5.71. The van der Waals surface area contributed by atoms with Gasteiger partial charge in [-0.1, -0.05) is 6.07 Å². The van der Waals surface area contributed by atoms with Gasteiger partial charge in [0.15, 0.2) is 0 Å². The largest absolute Gasteiger partial charge is 0.377 e. The first kappa shape index (κ1) is 16.9. The van der Waals surface area contributed by atoms with E-state index in [1.165, 1.54) is 25.9 Å². The Morgan fingerprint density at radius 1 is 1.28 bits per heavy atom. The number of likely N-dealkylation sites (tertiary alicyclic amines) is 1. The van der Waals surface area contributed by atoms with Crippen LogP contribution in [0.15, 0.2) is 24.4 Å². The van der Waals surface area contributed by atoms with Crippen molar-refractivity contribution in [3.8, 4) is 0 Å². The van der Waals surface area contributed by atoms with Crippen LogP contribution in [0.5, 0.6) is 0 Å². The summed E-state index contributed by atoms with van der Waals surface area (Å²) in [5.74, 6) is -0.0305. The van der Waals surface area contributed by atoms with Crippen molar-refractivity contribution in [1.29, 1.82) is 0 Å². The van der Waals surface area contributed by atoms with E-state index in [2.05, 4.69) is 9.88 Å². The zero-order chi connectivity index (χ0) is 17.1. The first-order valence-electron chi connectivity index (χ1n) is 9.42. The Kier molecular flexibility index (Phi) is 5.01. The summed E-state index contributed by atoms with van der Waals surface area (Å²) in [6, 6.07) is 5.45. The van der Waals surface area contributed by atoms with Crippen LogP contribution in [0.2, 0.25) is 0 Å². The molecule has 136 valence electrons. The fourth-order valence-electron chi connectivity index (χ4n) is 4.23. The van der Waals surface area contributed by atoms with Crippen LogP contribution in [-0.2, 0) is 9.47 Å². The molecule has 0 N–H and O–H groups in total. The maximum Gasteiger partial charge on any atom is 0.272 e. The normalized spacial score (nSPS) is 30.7. The summed E-state index contributed by atoms with van der Waals surface area (Å²) >= 11 is 0. The van der Waals surface area contributed by atoms with E-state index in [0.29, 0.717) is 32.0 Å². The summed E-state index contributed by atoms with van der Waals surface area (Å²) in [5, 5.41) is 0. The Morgan fingerprint density at radius 3 is 2.96 bits per heavy atom. The molecule has 4 rings (SSSR count). The number of nitrogens with zero attached hydrogens (tertiary/aromatic N) is 3. The first-order valence-corrected chi connectivity index (χ1v) is 9.42. The van der Waals surface area contributed by atoms with Crippen LogP contribution >= 0.6 is 0 Å². The average Bonchev–Trinajstić information content (AvgIpc) is 3.23. The maximum atomic E-state index is 12.8. The standard InChI is InChI=1S/C19H27N3O3/c23-18(17-5-1-2-8-20-17)22-11-12-24-15-19(14-22)7-6-16(25-19)13-21-9-3-4-10-21/h1-2,5,8,16H,3-4,6-7,9-15H2/t16-,19+/m1/s1. The van der Waals surface area contributed by atoms with Gasteiger partial charge in [-0.15, -0.1) is 0 Å².